The second-order valence-electron chi connectivity index (χ2n) is 5.52. The molecule has 0 saturated heterocycles. The molecule has 1 heterocycles. The van der Waals surface area contributed by atoms with Crippen molar-refractivity contribution in [2.45, 2.75) is 13.5 Å². The normalized spacial score (nSPS) is 10.6. The van der Waals surface area contributed by atoms with Crippen molar-refractivity contribution in [2.75, 3.05) is 13.7 Å². The van der Waals surface area contributed by atoms with Crippen molar-refractivity contribution in [3.8, 4) is 17.0 Å². The van der Waals surface area contributed by atoms with Crippen LogP contribution in [0.2, 0.25) is 0 Å². The van der Waals surface area contributed by atoms with Gasteiger partial charge in [-0.25, -0.2) is 9.48 Å². The third-order valence-corrected chi connectivity index (χ3v) is 4.29. The number of hydrogen-bond acceptors (Lipinski definition) is 5. The summed E-state index contributed by atoms with van der Waals surface area (Å²) in [5.74, 6) is 0.328. The number of methoxy groups -OCH3 is 1. The number of carbonyl (C=O) groups excluding carboxylic acids is 1. The number of nitrogens with zero attached hydrogens (tertiary/aromatic N) is 3. The molecular formula is C19H18BrN3O3. The summed E-state index contributed by atoms with van der Waals surface area (Å²) < 4.78 is 12.9. The van der Waals surface area contributed by atoms with Gasteiger partial charge in [0, 0.05) is 10.0 Å². The van der Waals surface area contributed by atoms with E-state index in [2.05, 4.69) is 26.2 Å². The van der Waals surface area contributed by atoms with E-state index in [-0.39, 0.29) is 6.61 Å². The quantitative estimate of drug-likeness (QED) is 0.570. The van der Waals surface area contributed by atoms with Gasteiger partial charge in [0.15, 0.2) is 5.69 Å². The molecular weight excluding hydrogens is 398 g/mol. The molecule has 26 heavy (non-hydrogen) atoms. The minimum Gasteiger partial charge on any atom is -0.497 e. The van der Waals surface area contributed by atoms with Gasteiger partial charge in [-0.1, -0.05) is 45.4 Å². The van der Waals surface area contributed by atoms with E-state index in [1.54, 1.807) is 18.7 Å². The molecule has 6 nitrogen and oxygen atoms in total. The van der Waals surface area contributed by atoms with Crippen molar-refractivity contribution >= 4 is 21.9 Å². The van der Waals surface area contributed by atoms with Gasteiger partial charge >= 0.3 is 5.97 Å². The zero-order chi connectivity index (χ0) is 18.5. The van der Waals surface area contributed by atoms with E-state index in [9.17, 15) is 4.79 Å². The monoisotopic (exact) mass is 415 g/mol. The molecule has 0 atom stereocenters. The fourth-order valence-corrected chi connectivity index (χ4v) is 2.96. The number of ether oxygens (including phenoxy) is 2. The standard InChI is InChI=1S/C19H18BrN3O3/c1-3-26-19(24)18-17(14-5-4-6-15(20)11-14)21-22-23(18)12-13-7-9-16(25-2)10-8-13/h4-11H,3,12H2,1-2H3. The lowest BCUT2D eigenvalue weighted by Crippen LogP contribution is -2.15. The molecule has 0 bridgehead atoms. The molecule has 0 unspecified atom stereocenters. The molecule has 0 radical (unpaired) electrons. The number of aromatic nitrogens is 3. The summed E-state index contributed by atoms with van der Waals surface area (Å²) in [4.78, 5) is 12.5. The number of benzene rings is 2. The Morgan fingerprint density at radius 1 is 1.19 bits per heavy atom. The Morgan fingerprint density at radius 3 is 2.62 bits per heavy atom. The van der Waals surface area contributed by atoms with E-state index in [1.807, 2.05) is 48.5 Å². The van der Waals surface area contributed by atoms with Gasteiger partial charge in [-0.2, -0.15) is 0 Å². The van der Waals surface area contributed by atoms with Crippen LogP contribution >= 0.6 is 15.9 Å². The first-order valence-electron chi connectivity index (χ1n) is 8.12. The Kier molecular flexibility index (Phi) is 5.68. The van der Waals surface area contributed by atoms with Gasteiger partial charge in [0.1, 0.15) is 11.4 Å². The highest BCUT2D eigenvalue weighted by atomic mass is 79.9. The third-order valence-electron chi connectivity index (χ3n) is 3.79. The van der Waals surface area contributed by atoms with Crippen molar-refractivity contribution in [1.82, 2.24) is 15.0 Å². The maximum absolute atomic E-state index is 12.5. The highest BCUT2D eigenvalue weighted by molar-refractivity contribution is 9.10. The third kappa shape index (κ3) is 3.94. The minimum absolute atomic E-state index is 0.282. The molecule has 0 spiro atoms. The van der Waals surface area contributed by atoms with Gasteiger partial charge in [-0.3, -0.25) is 0 Å². The average Bonchev–Trinajstić information content (AvgIpc) is 3.06. The van der Waals surface area contributed by atoms with E-state index in [0.717, 1.165) is 21.3 Å². The fraction of sp³-hybridized carbons (Fsp3) is 0.211. The van der Waals surface area contributed by atoms with Crippen LogP contribution in [0.5, 0.6) is 5.75 Å². The number of carbonyl (C=O) groups is 1. The largest absolute Gasteiger partial charge is 0.497 e. The molecule has 7 heteroatoms. The molecule has 134 valence electrons. The van der Waals surface area contributed by atoms with Crippen LogP contribution in [-0.4, -0.2) is 34.7 Å². The van der Waals surface area contributed by atoms with E-state index in [4.69, 9.17) is 9.47 Å². The Balaban J connectivity index is 2.00. The van der Waals surface area contributed by atoms with Crippen molar-refractivity contribution in [1.29, 1.82) is 0 Å². The van der Waals surface area contributed by atoms with Crippen molar-refractivity contribution in [3.63, 3.8) is 0 Å². The molecule has 3 aromatic rings. The number of rotatable bonds is 6. The first-order chi connectivity index (χ1) is 12.6. The second-order valence-corrected chi connectivity index (χ2v) is 6.44. The predicted octanol–water partition coefficient (Wildman–Crippen LogP) is 3.94. The van der Waals surface area contributed by atoms with E-state index < -0.39 is 5.97 Å². The lowest BCUT2D eigenvalue weighted by atomic mass is 10.1. The maximum Gasteiger partial charge on any atom is 0.358 e. The Morgan fingerprint density at radius 2 is 1.96 bits per heavy atom. The average molecular weight is 416 g/mol. The molecule has 2 aromatic carbocycles. The molecule has 0 N–H and O–H groups in total. The van der Waals surface area contributed by atoms with Crippen LogP contribution in [0.4, 0.5) is 0 Å². The van der Waals surface area contributed by atoms with Gasteiger partial charge in [0.25, 0.3) is 0 Å². The predicted molar refractivity (Wildman–Crippen MR) is 101 cm³/mol. The molecule has 0 fully saturated rings. The van der Waals surface area contributed by atoms with E-state index in [0.29, 0.717) is 17.9 Å². The van der Waals surface area contributed by atoms with Gasteiger partial charge in [-0.15, -0.1) is 5.10 Å². The minimum atomic E-state index is -0.444. The van der Waals surface area contributed by atoms with Crippen LogP contribution in [0.1, 0.15) is 23.0 Å². The lowest BCUT2D eigenvalue weighted by Gasteiger charge is -2.08. The molecule has 0 aliphatic rings. The number of halogens is 1. The first kappa shape index (κ1) is 18.1. The Hall–Kier alpha value is -2.67. The summed E-state index contributed by atoms with van der Waals surface area (Å²) in [6.07, 6.45) is 0. The van der Waals surface area contributed by atoms with Crippen LogP contribution in [0.3, 0.4) is 0 Å². The van der Waals surface area contributed by atoms with E-state index in [1.165, 1.54) is 0 Å². The summed E-state index contributed by atoms with van der Waals surface area (Å²) >= 11 is 3.44. The summed E-state index contributed by atoms with van der Waals surface area (Å²) in [5, 5.41) is 8.41. The van der Waals surface area contributed by atoms with Crippen molar-refractivity contribution in [2.24, 2.45) is 0 Å². The van der Waals surface area contributed by atoms with Gasteiger partial charge in [0.2, 0.25) is 0 Å². The van der Waals surface area contributed by atoms with Gasteiger partial charge in [-0.05, 0) is 36.8 Å². The second kappa shape index (κ2) is 8.14. The molecule has 0 aliphatic heterocycles. The summed E-state index contributed by atoms with van der Waals surface area (Å²) in [6.45, 7) is 2.46. The molecule has 0 amide bonds. The van der Waals surface area contributed by atoms with Gasteiger partial charge in [0.05, 0.1) is 20.3 Å². The van der Waals surface area contributed by atoms with E-state index >= 15 is 0 Å². The number of esters is 1. The smallest absolute Gasteiger partial charge is 0.358 e. The highest BCUT2D eigenvalue weighted by Crippen LogP contribution is 2.25. The SMILES string of the molecule is CCOC(=O)c1c(-c2cccc(Br)c2)nnn1Cc1ccc(OC)cc1. The summed E-state index contributed by atoms with van der Waals surface area (Å²) in [5.41, 5.74) is 2.60. The van der Waals surface area contributed by atoms with Crippen LogP contribution in [0.15, 0.2) is 53.0 Å². The Bertz CT molecular complexity index is 907. The highest BCUT2D eigenvalue weighted by Gasteiger charge is 2.23. The fourth-order valence-electron chi connectivity index (χ4n) is 2.56. The van der Waals surface area contributed by atoms with Crippen LogP contribution < -0.4 is 4.74 Å². The Labute approximate surface area is 159 Å². The molecule has 0 saturated carbocycles. The summed E-state index contributed by atoms with van der Waals surface area (Å²) in [6, 6.07) is 15.2. The van der Waals surface area contributed by atoms with Crippen molar-refractivity contribution < 1.29 is 14.3 Å². The summed E-state index contributed by atoms with van der Waals surface area (Å²) in [7, 11) is 1.62. The zero-order valence-corrected chi connectivity index (χ0v) is 16.1. The van der Waals surface area contributed by atoms with Crippen molar-refractivity contribution in [3.05, 3.63) is 64.3 Å². The molecule has 1 aromatic heterocycles. The molecule has 0 aliphatic carbocycles. The lowest BCUT2D eigenvalue weighted by molar-refractivity contribution is 0.0513. The van der Waals surface area contributed by atoms with Crippen LogP contribution in [0, 0.1) is 0 Å². The first-order valence-corrected chi connectivity index (χ1v) is 8.91. The molecule has 3 rings (SSSR count). The number of hydrogen-bond donors (Lipinski definition) is 0. The maximum atomic E-state index is 12.5. The van der Waals surface area contributed by atoms with Crippen LogP contribution in [0.25, 0.3) is 11.3 Å². The van der Waals surface area contributed by atoms with Gasteiger partial charge < -0.3 is 9.47 Å². The van der Waals surface area contributed by atoms with Crippen LogP contribution in [-0.2, 0) is 11.3 Å². The zero-order valence-electron chi connectivity index (χ0n) is 14.5. The topological polar surface area (TPSA) is 66.2 Å².